The quantitative estimate of drug-likeness (QED) is 0.504. The first kappa shape index (κ1) is 8.97. The Kier molecular flexibility index (Phi) is 1.82. The van der Waals surface area contributed by atoms with Gasteiger partial charge < -0.3 is 0 Å². The van der Waals surface area contributed by atoms with Crippen molar-refractivity contribution >= 4 is 11.8 Å². The first-order valence-electron chi connectivity index (χ1n) is 3.88. The van der Waals surface area contributed by atoms with Crippen LogP contribution in [0.2, 0.25) is 0 Å². The van der Waals surface area contributed by atoms with Crippen molar-refractivity contribution in [1.29, 1.82) is 0 Å². The molecular formula is C9H13NO2. The smallest absolute Gasteiger partial charge is 0.257 e. The Bertz CT molecular complexity index is 271. The lowest BCUT2D eigenvalue weighted by atomic mass is 9.86. The van der Waals surface area contributed by atoms with E-state index in [0.717, 1.165) is 4.90 Å². The van der Waals surface area contributed by atoms with E-state index in [1.54, 1.807) is 0 Å². The van der Waals surface area contributed by atoms with Gasteiger partial charge in [-0.3, -0.25) is 14.5 Å². The number of carbonyl (C=O) groups is 2. The van der Waals surface area contributed by atoms with Gasteiger partial charge in [-0.2, -0.15) is 0 Å². The van der Waals surface area contributed by atoms with Crippen LogP contribution in [0.15, 0.2) is 11.6 Å². The summed E-state index contributed by atoms with van der Waals surface area (Å²) >= 11 is 0. The van der Waals surface area contributed by atoms with Crippen molar-refractivity contribution in [3.05, 3.63) is 11.6 Å². The van der Waals surface area contributed by atoms with Crippen LogP contribution < -0.4 is 0 Å². The fraction of sp³-hybridized carbons (Fsp3) is 0.556. The zero-order valence-electron chi connectivity index (χ0n) is 7.84. The van der Waals surface area contributed by atoms with Crippen molar-refractivity contribution in [3.8, 4) is 0 Å². The molecule has 3 nitrogen and oxygen atoms in total. The highest BCUT2D eigenvalue weighted by Gasteiger charge is 2.34. The standard InChI is InChI=1S/C9H13NO2/c1-9(2,3)6-5-7(11)10(4)8(6)12/h5H,1-4H3. The summed E-state index contributed by atoms with van der Waals surface area (Å²) in [6.07, 6.45) is 1.42. The molecule has 1 heterocycles. The third-order valence-corrected chi connectivity index (χ3v) is 1.94. The minimum Gasteiger partial charge on any atom is -0.278 e. The number of imide groups is 1. The molecule has 0 saturated heterocycles. The molecule has 0 unspecified atom stereocenters. The van der Waals surface area contributed by atoms with Crippen LogP contribution in [0, 0.1) is 5.41 Å². The van der Waals surface area contributed by atoms with Gasteiger partial charge in [0.2, 0.25) is 0 Å². The molecule has 0 saturated carbocycles. The molecule has 3 heteroatoms. The molecule has 0 aromatic carbocycles. The molecule has 0 aromatic heterocycles. The molecule has 0 spiro atoms. The van der Waals surface area contributed by atoms with Crippen LogP contribution in [0.1, 0.15) is 20.8 Å². The lowest BCUT2D eigenvalue weighted by molar-refractivity contribution is -0.135. The first-order valence-corrected chi connectivity index (χ1v) is 3.88. The van der Waals surface area contributed by atoms with Gasteiger partial charge in [0.05, 0.1) is 0 Å². The van der Waals surface area contributed by atoms with Crippen molar-refractivity contribution in [2.24, 2.45) is 5.41 Å². The van der Waals surface area contributed by atoms with E-state index in [1.807, 2.05) is 20.8 Å². The number of carbonyl (C=O) groups excluding carboxylic acids is 2. The lowest BCUT2D eigenvalue weighted by Crippen LogP contribution is -2.28. The van der Waals surface area contributed by atoms with Gasteiger partial charge >= 0.3 is 0 Å². The number of rotatable bonds is 0. The van der Waals surface area contributed by atoms with E-state index in [9.17, 15) is 9.59 Å². The molecule has 1 aliphatic heterocycles. The van der Waals surface area contributed by atoms with Crippen molar-refractivity contribution in [2.75, 3.05) is 7.05 Å². The fourth-order valence-electron chi connectivity index (χ4n) is 1.10. The van der Waals surface area contributed by atoms with Gasteiger partial charge in [-0.25, -0.2) is 0 Å². The molecule has 0 N–H and O–H groups in total. The maximum Gasteiger partial charge on any atom is 0.257 e. The SMILES string of the molecule is CN1C(=O)C=C(C(C)(C)C)C1=O. The lowest BCUT2D eigenvalue weighted by Gasteiger charge is -2.19. The Labute approximate surface area is 72.0 Å². The van der Waals surface area contributed by atoms with Crippen LogP contribution in [-0.4, -0.2) is 23.8 Å². The van der Waals surface area contributed by atoms with Crippen molar-refractivity contribution in [1.82, 2.24) is 4.90 Å². The minimum atomic E-state index is -0.239. The molecule has 0 aromatic rings. The van der Waals surface area contributed by atoms with Crippen molar-refractivity contribution in [3.63, 3.8) is 0 Å². The second kappa shape index (κ2) is 2.44. The molecule has 0 atom stereocenters. The van der Waals surface area contributed by atoms with Crippen LogP contribution >= 0.6 is 0 Å². The second-order valence-corrected chi connectivity index (χ2v) is 4.01. The third-order valence-electron chi connectivity index (χ3n) is 1.94. The summed E-state index contributed by atoms with van der Waals surface area (Å²) in [5, 5.41) is 0. The maximum atomic E-state index is 11.4. The summed E-state index contributed by atoms with van der Waals surface area (Å²) in [4.78, 5) is 23.6. The number of hydrogen-bond acceptors (Lipinski definition) is 2. The average Bonchev–Trinajstić information content (AvgIpc) is 2.15. The number of hydrogen-bond donors (Lipinski definition) is 0. The monoisotopic (exact) mass is 167 g/mol. The summed E-state index contributed by atoms with van der Waals surface area (Å²) in [6.45, 7) is 5.76. The van der Waals surface area contributed by atoms with Crippen molar-refractivity contribution in [2.45, 2.75) is 20.8 Å². The van der Waals surface area contributed by atoms with Gasteiger partial charge in [0.1, 0.15) is 0 Å². The van der Waals surface area contributed by atoms with E-state index in [-0.39, 0.29) is 17.2 Å². The van der Waals surface area contributed by atoms with Gasteiger partial charge in [0, 0.05) is 18.7 Å². The second-order valence-electron chi connectivity index (χ2n) is 4.01. The van der Waals surface area contributed by atoms with E-state index in [2.05, 4.69) is 0 Å². The molecular weight excluding hydrogens is 154 g/mol. The summed E-state index contributed by atoms with van der Waals surface area (Å²) in [6, 6.07) is 0. The molecule has 0 fully saturated rings. The van der Waals surface area contributed by atoms with Crippen LogP contribution in [0.25, 0.3) is 0 Å². The van der Waals surface area contributed by atoms with E-state index in [1.165, 1.54) is 13.1 Å². The van der Waals surface area contributed by atoms with E-state index < -0.39 is 0 Å². The van der Waals surface area contributed by atoms with E-state index in [4.69, 9.17) is 0 Å². The number of likely N-dealkylation sites (N-methyl/N-ethyl adjacent to an activating group) is 1. The summed E-state index contributed by atoms with van der Waals surface area (Å²) in [5.74, 6) is -0.391. The predicted molar refractivity (Wildman–Crippen MR) is 45.3 cm³/mol. The minimum absolute atomic E-state index is 0.174. The third kappa shape index (κ3) is 1.26. The topological polar surface area (TPSA) is 37.4 Å². The van der Waals surface area contributed by atoms with Crippen molar-refractivity contribution < 1.29 is 9.59 Å². The Hall–Kier alpha value is -1.12. The molecule has 0 aliphatic carbocycles. The summed E-state index contributed by atoms with van der Waals surface area (Å²) < 4.78 is 0. The highest BCUT2D eigenvalue weighted by molar-refractivity contribution is 6.16. The molecule has 1 rings (SSSR count). The largest absolute Gasteiger partial charge is 0.278 e. The molecule has 1 aliphatic rings. The molecule has 12 heavy (non-hydrogen) atoms. The van der Waals surface area contributed by atoms with Crippen LogP contribution in [0.5, 0.6) is 0 Å². The Morgan fingerprint density at radius 2 is 1.75 bits per heavy atom. The average molecular weight is 167 g/mol. The highest BCUT2D eigenvalue weighted by Crippen LogP contribution is 2.29. The van der Waals surface area contributed by atoms with E-state index >= 15 is 0 Å². The molecule has 0 bridgehead atoms. The van der Waals surface area contributed by atoms with Crippen LogP contribution in [-0.2, 0) is 9.59 Å². The van der Waals surface area contributed by atoms with Gasteiger partial charge in [-0.15, -0.1) is 0 Å². The van der Waals surface area contributed by atoms with Gasteiger partial charge in [-0.1, -0.05) is 20.8 Å². The molecule has 66 valence electrons. The molecule has 2 amide bonds. The predicted octanol–water partition coefficient (Wildman–Crippen LogP) is 0.958. The Balaban J connectivity index is 3.03. The highest BCUT2D eigenvalue weighted by atomic mass is 16.2. The zero-order valence-corrected chi connectivity index (χ0v) is 7.84. The molecule has 0 radical (unpaired) electrons. The van der Waals surface area contributed by atoms with E-state index in [0.29, 0.717) is 5.57 Å². The summed E-state index contributed by atoms with van der Waals surface area (Å²) in [7, 11) is 1.50. The number of nitrogens with zero attached hydrogens (tertiary/aromatic N) is 1. The summed E-state index contributed by atoms with van der Waals surface area (Å²) in [5.41, 5.74) is 0.354. The van der Waals surface area contributed by atoms with Gasteiger partial charge in [0.15, 0.2) is 0 Å². The number of amides is 2. The van der Waals surface area contributed by atoms with Crippen LogP contribution in [0.3, 0.4) is 0 Å². The normalized spacial score (nSPS) is 18.7. The Morgan fingerprint density at radius 1 is 1.25 bits per heavy atom. The Morgan fingerprint density at radius 3 is 1.92 bits per heavy atom. The first-order chi connectivity index (χ1) is 5.34. The van der Waals surface area contributed by atoms with Gasteiger partial charge in [0.25, 0.3) is 11.8 Å². The van der Waals surface area contributed by atoms with Gasteiger partial charge in [-0.05, 0) is 5.41 Å². The fourth-order valence-corrected chi connectivity index (χ4v) is 1.10. The maximum absolute atomic E-state index is 11.4. The van der Waals surface area contributed by atoms with Crippen LogP contribution in [0.4, 0.5) is 0 Å². The zero-order chi connectivity index (χ0) is 9.52.